The van der Waals surface area contributed by atoms with Crippen LogP contribution in [0, 0.1) is 5.82 Å². The summed E-state index contributed by atoms with van der Waals surface area (Å²) in [6.07, 6.45) is 3.63. The molecule has 1 aliphatic heterocycles. The zero-order valence-corrected chi connectivity index (χ0v) is 18.0. The Balaban J connectivity index is 0.000000392. The molecule has 3 rings (SSSR count). The number of ether oxygens (including phenoxy) is 1. The number of benzene rings is 1. The first-order valence-electron chi connectivity index (χ1n) is 9.47. The van der Waals surface area contributed by atoms with Gasteiger partial charge in [0.15, 0.2) is 0 Å². The van der Waals surface area contributed by atoms with E-state index < -0.39 is 0 Å². The number of aromatic amines is 1. The Kier molecular flexibility index (Phi) is 9.27. The monoisotopic (exact) mass is 398 g/mol. The second-order valence-electron chi connectivity index (χ2n) is 7.27. The highest BCUT2D eigenvalue weighted by atomic mass is 35.5. The molecule has 1 aromatic heterocycles. The third-order valence-corrected chi connectivity index (χ3v) is 4.75. The van der Waals surface area contributed by atoms with Crippen molar-refractivity contribution in [2.75, 3.05) is 13.7 Å². The maximum atomic E-state index is 13.2. The lowest BCUT2D eigenvalue weighted by atomic mass is 10.0. The quantitative estimate of drug-likeness (QED) is 0.686. The van der Waals surface area contributed by atoms with Crippen LogP contribution in [-0.4, -0.2) is 41.6 Å². The van der Waals surface area contributed by atoms with E-state index in [0.29, 0.717) is 17.1 Å². The summed E-state index contributed by atoms with van der Waals surface area (Å²) in [5.41, 5.74) is 1.71. The van der Waals surface area contributed by atoms with Gasteiger partial charge in [0.05, 0.1) is 5.60 Å². The number of rotatable bonds is 3. The number of hydrogen-bond donors (Lipinski definition) is 1. The maximum absolute atomic E-state index is 13.2. The lowest BCUT2D eigenvalue weighted by molar-refractivity contribution is -0.118. The average molecular weight is 399 g/mol. The summed E-state index contributed by atoms with van der Waals surface area (Å²) < 4.78 is 18.1. The van der Waals surface area contributed by atoms with E-state index in [4.69, 9.17) is 16.3 Å². The Bertz CT molecular complexity index is 725. The topological polar surface area (TPSA) is 45.3 Å². The predicted octanol–water partition coefficient (Wildman–Crippen LogP) is 5.58. The Labute approximate surface area is 167 Å². The van der Waals surface area contributed by atoms with Crippen molar-refractivity contribution < 1.29 is 13.9 Å². The molecule has 1 aliphatic rings. The third-order valence-electron chi connectivity index (χ3n) is 4.43. The van der Waals surface area contributed by atoms with E-state index in [1.165, 1.54) is 12.1 Å². The van der Waals surface area contributed by atoms with Crippen molar-refractivity contribution in [2.24, 2.45) is 0 Å². The largest absolute Gasteiger partial charge is 0.379 e. The SMILES string of the molecule is CC.COC(C)(C)C.O=CN1CCCC1Cc1c(Cl)[nH]c2cc(F)ccc12. The fourth-order valence-corrected chi connectivity index (χ4v) is 3.13. The number of aromatic nitrogens is 1. The highest BCUT2D eigenvalue weighted by Gasteiger charge is 2.25. The molecule has 1 N–H and O–H groups in total. The van der Waals surface area contributed by atoms with E-state index in [0.717, 1.165) is 36.7 Å². The number of nitrogens with zero attached hydrogens (tertiary/aromatic N) is 1. The average Bonchev–Trinajstić information content (AvgIpc) is 3.21. The molecule has 0 spiro atoms. The van der Waals surface area contributed by atoms with Crippen LogP contribution in [0.1, 0.15) is 53.0 Å². The highest BCUT2D eigenvalue weighted by molar-refractivity contribution is 6.31. The molecule has 4 nitrogen and oxygen atoms in total. The minimum absolute atomic E-state index is 0.0417. The normalized spacial score (nSPS) is 16.4. The van der Waals surface area contributed by atoms with Gasteiger partial charge in [-0.3, -0.25) is 4.79 Å². The smallest absolute Gasteiger partial charge is 0.209 e. The molecule has 0 radical (unpaired) electrons. The van der Waals surface area contributed by atoms with E-state index in [1.54, 1.807) is 13.2 Å². The second-order valence-corrected chi connectivity index (χ2v) is 7.65. The van der Waals surface area contributed by atoms with Crippen molar-refractivity contribution >= 4 is 28.9 Å². The van der Waals surface area contributed by atoms with Crippen LogP contribution in [0.3, 0.4) is 0 Å². The van der Waals surface area contributed by atoms with E-state index in [9.17, 15) is 9.18 Å². The molecule has 2 aromatic rings. The van der Waals surface area contributed by atoms with Gasteiger partial charge in [0.25, 0.3) is 0 Å². The fourth-order valence-electron chi connectivity index (χ4n) is 2.85. The highest BCUT2D eigenvalue weighted by Crippen LogP contribution is 2.30. The van der Waals surface area contributed by atoms with Crippen LogP contribution in [0.25, 0.3) is 10.9 Å². The van der Waals surface area contributed by atoms with Gasteiger partial charge < -0.3 is 14.6 Å². The van der Waals surface area contributed by atoms with Crippen LogP contribution in [0.4, 0.5) is 4.39 Å². The lowest BCUT2D eigenvalue weighted by Gasteiger charge is -2.19. The molecule has 1 amide bonds. The number of nitrogens with one attached hydrogen (secondary N) is 1. The number of halogens is 2. The number of carbonyl (C=O) groups excluding carboxylic acids is 1. The van der Waals surface area contributed by atoms with Crippen molar-refractivity contribution in [2.45, 2.75) is 65.5 Å². The molecule has 0 bridgehead atoms. The van der Waals surface area contributed by atoms with Crippen molar-refractivity contribution in [1.82, 2.24) is 9.88 Å². The number of fused-ring (bicyclic) bond motifs is 1. The first kappa shape index (κ1) is 23.4. The lowest BCUT2D eigenvalue weighted by Crippen LogP contribution is -2.29. The van der Waals surface area contributed by atoms with Gasteiger partial charge in [-0.25, -0.2) is 4.39 Å². The summed E-state index contributed by atoms with van der Waals surface area (Å²) >= 11 is 6.20. The molecule has 1 saturated heterocycles. The molecule has 152 valence electrons. The zero-order chi connectivity index (χ0) is 20.6. The Morgan fingerprint density at radius 3 is 2.56 bits per heavy atom. The maximum Gasteiger partial charge on any atom is 0.209 e. The Morgan fingerprint density at radius 1 is 1.37 bits per heavy atom. The van der Waals surface area contributed by atoms with E-state index in [-0.39, 0.29) is 17.5 Å². The van der Waals surface area contributed by atoms with Crippen LogP contribution in [0.2, 0.25) is 5.15 Å². The molecule has 0 aliphatic carbocycles. The molecule has 1 aromatic carbocycles. The minimum Gasteiger partial charge on any atom is -0.379 e. The van der Waals surface area contributed by atoms with Crippen LogP contribution >= 0.6 is 11.6 Å². The third kappa shape index (κ3) is 6.82. The van der Waals surface area contributed by atoms with Gasteiger partial charge in [-0.05, 0) is 63.8 Å². The molecule has 0 saturated carbocycles. The molecule has 1 unspecified atom stereocenters. The van der Waals surface area contributed by atoms with E-state index in [1.807, 2.05) is 39.5 Å². The van der Waals surface area contributed by atoms with Crippen molar-refractivity contribution in [3.63, 3.8) is 0 Å². The van der Waals surface area contributed by atoms with E-state index >= 15 is 0 Å². The van der Waals surface area contributed by atoms with Gasteiger partial charge >= 0.3 is 0 Å². The van der Waals surface area contributed by atoms with Crippen LogP contribution in [0.5, 0.6) is 0 Å². The van der Waals surface area contributed by atoms with Gasteiger partial charge in [-0.15, -0.1) is 0 Å². The molecular weight excluding hydrogens is 367 g/mol. The molecule has 27 heavy (non-hydrogen) atoms. The van der Waals surface area contributed by atoms with Crippen molar-refractivity contribution in [3.05, 3.63) is 34.7 Å². The number of hydrogen-bond acceptors (Lipinski definition) is 2. The Morgan fingerprint density at radius 2 is 2.00 bits per heavy atom. The zero-order valence-electron chi connectivity index (χ0n) is 17.2. The number of carbonyl (C=O) groups is 1. The summed E-state index contributed by atoms with van der Waals surface area (Å²) in [5.74, 6) is -0.285. The van der Waals surface area contributed by atoms with Gasteiger partial charge in [0.1, 0.15) is 11.0 Å². The van der Waals surface area contributed by atoms with Crippen molar-refractivity contribution in [1.29, 1.82) is 0 Å². The van der Waals surface area contributed by atoms with E-state index in [2.05, 4.69) is 4.98 Å². The number of methoxy groups -OCH3 is 1. The fraction of sp³-hybridized carbons (Fsp3) is 0.571. The minimum atomic E-state index is -0.285. The van der Waals surface area contributed by atoms with Crippen LogP contribution in [-0.2, 0) is 16.0 Å². The number of likely N-dealkylation sites (tertiary alicyclic amines) is 1. The first-order chi connectivity index (χ1) is 12.7. The summed E-state index contributed by atoms with van der Waals surface area (Å²) in [4.78, 5) is 15.8. The van der Waals surface area contributed by atoms with Gasteiger partial charge in [-0.1, -0.05) is 25.4 Å². The number of H-pyrrole nitrogens is 1. The molecule has 1 fully saturated rings. The second kappa shape index (κ2) is 10.7. The molecule has 6 heteroatoms. The molecule has 1 atom stereocenters. The van der Waals surface area contributed by atoms with Crippen LogP contribution in [0.15, 0.2) is 18.2 Å². The van der Waals surface area contributed by atoms with Crippen molar-refractivity contribution in [3.8, 4) is 0 Å². The summed E-state index contributed by atoms with van der Waals surface area (Å²) in [6, 6.07) is 4.81. The first-order valence-corrected chi connectivity index (χ1v) is 9.84. The molecular formula is C21H32ClFN2O2. The predicted molar refractivity (Wildman–Crippen MR) is 111 cm³/mol. The molecule has 2 heterocycles. The van der Waals surface area contributed by atoms with Gasteiger partial charge in [0, 0.05) is 30.6 Å². The summed E-state index contributed by atoms with van der Waals surface area (Å²) in [7, 11) is 1.71. The van der Waals surface area contributed by atoms with Crippen LogP contribution < -0.4 is 0 Å². The Hall–Kier alpha value is -1.59. The summed E-state index contributed by atoms with van der Waals surface area (Å²) in [6.45, 7) is 10.9. The number of amides is 1. The van der Waals surface area contributed by atoms with Gasteiger partial charge in [0.2, 0.25) is 6.41 Å². The standard InChI is InChI=1S/C14H14ClFN2O.C5H12O.C2H6/c15-14-12(7-10-2-1-5-18(10)8-19)11-4-3-9(16)6-13(11)17-14;1-5(2,3)6-4;1-2/h3-4,6,8,10,17H,1-2,5,7H2;1-4H3;1-2H3. The summed E-state index contributed by atoms with van der Waals surface area (Å²) in [5, 5.41) is 1.47. The van der Waals surface area contributed by atoms with Gasteiger partial charge in [-0.2, -0.15) is 0 Å².